The van der Waals surface area contributed by atoms with Gasteiger partial charge in [-0.15, -0.1) is 0 Å². The summed E-state index contributed by atoms with van der Waals surface area (Å²) in [6.45, 7) is 8.20. The highest BCUT2D eigenvalue weighted by molar-refractivity contribution is 5.59. The lowest BCUT2D eigenvalue weighted by Gasteiger charge is -2.28. The average Bonchev–Trinajstić information content (AvgIpc) is 2.94. The fourth-order valence-electron chi connectivity index (χ4n) is 3.33. The van der Waals surface area contributed by atoms with Crippen LogP contribution >= 0.6 is 0 Å². The zero-order valence-electron chi connectivity index (χ0n) is 14.2. The van der Waals surface area contributed by atoms with Gasteiger partial charge in [-0.25, -0.2) is 0 Å². The second kappa shape index (κ2) is 6.21. The molecule has 0 bridgehead atoms. The Balaban J connectivity index is 1.57. The van der Waals surface area contributed by atoms with Crippen LogP contribution in [0.3, 0.4) is 0 Å². The summed E-state index contributed by atoms with van der Waals surface area (Å²) in [4.78, 5) is 6.96. The highest BCUT2D eigenvalue weighted by atomic mass is 15.3. The van der Waals surface area contributed by atoms with Crippen LogP contribution < -0.4 is 0 Å². The molecular weight excluding hydrogens is 296 g/mol. The van der Waals surface area contributed by atoms with E-state index in [2.05, 4.69) is 52.7 Å². The second-order valence-electron chi connectivity index (χ2n) is 6.55. The molecule has 2 aromatic heterocycles. The summed E-state index contributed by atoms with van der Waals surface area (Å²) in [5.74, 6) is 0. The Morgan fingerprint density at radius 1 is 1.00 bits per heavy atom. The van der Waals surface area contributed by atoms with Gasteiger partial charge in [0.25, 0.3) is 0 Å². The summed E-state index contributed by atoms with van der Waals surface area (Å²) < 4.78 is 2.16. The van der Waals surface area contributed by atoms with Crippen molar-refractivity contribution in [1.82, 2.24) is 19.7 Å². The van der Waals surface area contributed by atoms with Gasteiger partial charge in [0.1, 0.15) is 5.69 Å². The number of rotatable bonds is 3. The van der Waals surface area contributed by atoms with Gasteiger partial charge < -0.3 is 0 Å². The first kappa shape index (κ1) is 15.1. The first-order valence-electron chi connectivity index (χ1n) is 8.46. The topological polar surface area (TPSA) is 34.0 Å². The SMILES string of the molecule is Cc1ccc(CN2CCn3nc(-c4ccccn4)c(C)c3C2)cc1. The van der Waals surface area contributed by atoms with Crippen molar-refractivity contribution in [2.24, 2.45) is 0 Å². The van der Waals surface area contributed by atoms with E-state index in [-0.39, 0.29) is 0 Å². The minimum atomic E-state index is 0.939. The number of benzene rings is 1. The number of nitrogens with zero attached hydrogens (tertiary/aromatic N) is 4. The van der Waals surface area contributed by atoms with Crippen molar-refractivity contribution >= 4 is 0 Å². The molecule has 0 saturated carbocycles. The van der Waals surface area contributed by atoms with E-state index in [0.29, 0.717) is 0 Å². The Morgan fingerprint density at radius 3 is 2.58 bits per heavy atom. The van der Waals surface area contributed by atoms with E-state index in [9.17, 15) is 0 Å². The van der Waals surface area contributed by atoms with Crippen LogP contribution in [-0.4, -0.2) is 26.2 Å². The van der Waals surface area contributed by atoms with E-state index in [1.807, 2.05) is 24.4 Å². The van der Waals surface area contributed by atoms with Gasteiger partial charge in [0.15, 0.2) is 0 Å². The van der Waals surface area contributed by atoms with E-state index in [4.69, 9.17) is 5.10 Å². The number of aryl methyl sites for hydroxylation is 1. The minimum absolute atomic E-state index is 0.939. The molecule has 0 unspecified atom stereocenters. The molecule has 0 N–H and O–H groups in total. The standard InChI is InChI=1S/C20H22N4/c1-15-6-8-17(9-7-15)13-23-11-12-24-19(14-23)16(2)20(22-24)18-5-3-4-10-21-18/h3-10H,11-14H2,1-2H3. The van der Waals surface area contributed by atoms with Gasteiger partial charge in [-0.3, -0.25) is 14.6 Å². The zero-order chi connectivity index (χ0) is 16.5. The van der Waals surface area contributed by atoms with Crippen LogP contribution in [0.1, 0.15) is 22.4 Å². The second-order valence-corrected chi connectivity index (χ2v) is 6.55. The van der Waals surface area contributed by atoms with E-state index >= 15 is 0 Å². The molecule has 0 fully saturated rings. The van der Waals surface area contributed by atoms with Crippen molar-refractivity contribution in [2.75, 3.05) is 6.54 Å². The number of hydrogen-bond donors (Lipinski definition) is 0. The number of pyridine rings is 1. The van der Waals surface area contributed by atoms with Crippen LogP contribution in [0.15, 0.2) is 48.7 Å². The van der Waals surface area contributed by atoms with Crippen LogP contribution in [0.5, 0.6) is 0 Å². The monoisotopic (exact) mass is 318 g/mol. The molecule has 0 saturated heterocycles. The third kappa shape index (κ3) is 2.85. The molecule has 122 valence electrons. The Labute approximate surface area is 142 Å². The van der Waals surface area contributed by atoms with Crippen LogP contribution in [0.25, 0.3) is 11.4 Å². The largest absolute Gasteiger partial charge is 0.291 e. The fraction of sp³-hybridized carbons (Fsp3) is 0.300. The molecule has 0 amide bonds. The molecule has 0 spiro atoms. The number of fused-ring (bicyclic) bond motifs is 1. The quantitative estimate of drug-likeness (QED) is 0.740. The highest BCUT2D eigenvalue weighted by Gasteiger charge is 2.23. The van der Waals surface area contributed by atoms with Gasteiger partial charge in [0.2, 0.25) is 0 Å². The molecule has 4 rings (SSSR count). The lowest BCUT2D eigenvalue weighted by molar-refractivity contribution is 0.204. The molecule has 1 aliphatic heterocycles. The minimum Gasteiger partial charge on any atom is -0.291 e. The lowest BCUT2D eigenvalue weighted by atomic mass is 10.1. The van der Waals surface area contributed by atoms with E-state index < -0.39 is 0 Å². The Bertz CT molecular complexity index is 834. The van der Waals surface area contributed by atoms with Gasteiger partial charge in [-0.1, -0.05) is 35.9 Å². The van der Waals surface area contributed by atoms with E-state index in [0.717, 1.165) is 37.6 Å². The Morgan fingerprint density at radius 2 is 1.83 bits per heavy atom. The summed E-state index contributed by atoms with van der Waals surface area (Å²) in [5.41, 5.74) is 7.23. The van der Waals surface area contributed by atoms with Crippen LogP contribution in [0.4, 0.5) is 0 Å². The number of aromatic nitrogens is 3. The predicted octanol–water partition coefficient (Wildman–Crippen LogP) is 3.58. The van der Waals surface area contributed by atoms with Gasteiger partial charge in [-0.2, -0.15) is 5.10 Å². The van der Waals surface area contributed by atoms with E-state index in [1.165, 1.54) is 22.4 Å². The Kier molecular flexibility index (Phi) is 3.90. The van der Waals surface area contributed by atoms with Crippen molar-refractivity contribution in [3.8, 4) is 11.4 Å². The number of hydrogen-bond acceptors (Lipinski definition) is 3. The lowest BCUT2D eigenvalue weighted by Crippen LogP contribution is -2.33. The first-order valence-corrected chi connectivity index (χ1v) is 8.46. The van der Waals surface area contributed by atoms with Crippen LogP contribution in [0, 0.1) is 13.8 Å². The van der Waals surface area contributed by atoms with Crippen molar-refractivity contribution in [3.05, 3.63) is 71.0 Å². The molecule has 0 radical (unpaired) electrons. The van der Waals surface area contributed by atoms with Gasteiger partial charge in [0.05, 0.1) is 17.9 Å². The van der Waals surface area contributed by atoms with Gasteiger partial charge >= 0.3 is 0 Å². The summed E-state index contributed by atoms with van der Waals surface area (Å²) >= 11 is 0. The normalized spacial score (nSPS) is 14.6. The highest BCUT2D eigenvalue weighted by Crippen LogP contribution is 2.26. The maximum absolute atomic E-state index is 4.80. The molecule has 0 atom stereocenters. The molecule has 1 aromatic carbocycles. The van der Waals surface area contributed by atoms with Crippen LogP contribution in [-0.2, 0) is 19.6 Å². The molecule has 1 aliphatic rings. The summed E-state index contributed by atoms with van der Waals surface area (Å²) in [6.07, 6.45) is 1.83. The van der Waals surface area contributed by atoms with E-state index in [1.54, 1.807) is 0 Å². The van der Waals surface area contributed by atoms with Gasteiger partial charge in [-0.05, 0) is 31.5 Å². The van der Waals surface area contributed by atoms with Crippen molar-refractivity contribution in [3.63, 3.8) is 0 Å². The average molecular weight is 318 g/mol. The molecule has 0 aliphatic carbocycles. The smallest absolute Gasteiger partial charge is 0.114 e. The van der Waals surface area contributed by atoms with Crippen molar-refractivity contribution in [1.29, 1.82) is 0 Å². The zero-order valence-corrected chi connectivity index (χ0v) is 14.2. The predicted molar refractivity (Wildman–Crippen MR) is 95.5 cm³/mol. The molecular formula is C20H22N4. The third-order valence-corrected chi connectivity index (χ3v) is 4.76. The van der Waals surface area contributed by atoms with Crippen molar-refractivity contribution < 1.29 is 0 Å². The maximum atomic E-state index is 4.80. The fourth-order valence-corrected chi connectivity index (χ4v) is 3.33. The van der Waals surface area contributed by atoms with Crippen LogP contribution in [0.2, 0.25) is 0 Å². The molecule has 4 heteroatoms. The Hall–Kier alpha value is -2.46. The molecule has 3 heterocycles. The molecule has 4 nitrogen and oxygen atoms in total. The summed E-state index contributed by atoms with van der Waals surface area (Å²) in [6, 6.07) is 14.8. The maximum Gasteiger partial charge on any atom is 0.114 e. The van der Waals surface area contributed by atoms with Crippen molar-refractivity contribution in [2.45, 2.75) is 33.5 Å². The van der Waals surface area contributed by atoms with Gasteiger partial charge in [0, 0.05) is 31.4 Å². The summed E-state index contributed by atoms with van der Waals surface area (Å²) in [5, 5.41) is 4.80. The molecule has 24 heavy (non-hydrogen) atoms. The molecule has 3 aromatic rings. The summed E-state index contributed by atoms with van der Waals surface area (Å²) in [7, 11) is 0. The first-order chi connectivity index (χ1) is 11.7. The third-order valence-electron chi connectivity index (χ3n) is 4.76.